The molecule has 0 atom stereocenters. The van der Waals surface area contributed by atoms with Gasteiger partial charge in [0.05, 0.1) is 29.0 Å². The smallest absolute Gasteiger partial charge is 0.240 e. The first-order chi connectivity index (χ1) is 13.8. The van der Waals surface area contributed by atoms with E-state index in [1.165, 1.54) is 0 Å². The lowest BCUT2D eigenvalue weighted by atomic mass is 10.1. The number of nitrogens with zero attached hydrogens (tertiary/aromatic N) is 4. The van der Waals surface area contributed by atoms with Gasteiger partial charge in [-0.15, -0.1) is 0 Å². The van der Waals surface area contributed by atoms with Crippen molar-refractivity contribution in [2.75, 3.05) is 11.1 Å². The Hall–Kier alpha value is -3.14. The molecule has 3 aromatic rings. The van der Waals surface area contributed by atoms with Crippen molar-refractivity contribution in [1.82, 2.24) is 9.97 Å². The Bertz CT molecular complexity index is 1170. The molecule has 0 aliphatic heterocycles. The zero-order valence-electron chi connectivity index (χ0n) is 15.4. The average molecular weight is 514 g/mol. The maximum Gasteiger partial charge on any atom is 0.240 e. The van der Waals surface area contributed by atoms with Crippen molar-refractivity contribution in [3.63, 3.8) is 0 Å². The van der Waals surface area contributed by atoms with E-state index < -0.39 is 0 Å². The molecule has 1 heterocycles. The molecule has 0 unspecified atom stereocenters. The molecule has 0 aliphatic rings. The molecular weight excluding hydrogens is 500 g/mol. The zero-order valence-corrected chi connectivity index (χ0v) is 18.6. The molecule has 0 saturated heterocycles. The molecule has 7 nitrogen and oxygen atoms in total. The highest BCUT2D eigenvalue weighted by Gasteiger charge is 2.16. The third-order valence-electron chi connectivity index (χ3n) is 3.98. The van der Waals surface area contributed by atoms with E-state index in [1.807, 2.05) is 13.8 Å². The number of benzene rings is 2. The summed E-state index contributed by atoms with van der Waals surface area (Å²) in [6, 6.07) is 12.8. The van der Waals surface area contributed by atoms with E-state index in [4.69, 9.17) is 21.0 Å². The lowest BCUT2D eigenvalue weighted by Gasteiger charge is -2.15. The summed E-state index contributed by atoms with van der Waals surface area (Å²) < 4.78 is 7.12. The van der Waals surface area contributed by atoms with Crippen LogP contribution >= 0.6 is 31.9 Å². The predicted molar refractivity (Wildman–Crippen MR) is 117 cm³/mol. The Morgan fingerprint density at radius 1 is 1.00 bits per heavy atom. The van der Waals surface area contributed by atoms with Crippen LogP contribution in [0.25, 0.3) is 0 Å². The van der Waals surface area contributed by atoms with E-state index in [1.54, 1.807) is 30.3 Å². The van der Waals surface area contributed by atoms with E-state index >= 15 is 0 Å². The molecule has 2 aromatic carbocycles. The number of hydrogen-bond donors (Lipinski definition) is 2. The van der Waals surface area contributed by atoms with Gasteiger partial charge in [0, 0.05) is 4.47 Å². The number of halogens is 2. The first-order valence-electron chi connectivity index (χ1n) is 8.31. The van der Waals surface area contributed by atoms with Crippen molar-refractivity contribution in [1.29, 1.82) is 10.5 Å². The summed E-state index contributed by atoms with van der Waals surface area (Å²) >= 11 is 6.78. The number of ether oxygens (including phenoxy) is 1. The van der Waals surface area contributed by atoms with E-state index in [2.05, 4.69) is 59.3 Å². The third kappa shape index (κ3) is 4.48. The van der Waals surface area contributed by atoms with Gasteiger partial charge in [-0.3, -0.25) is 0 Å². The number of rotatable bonds is 4. The largest absolute Gasteiger partial charge is 0.437 e. The number of hydrogen-bond acceptors (Lipinski definition) is 7. The number of aromatic nitrogens is 2. The number of nitrogens with one attached hydrogen (secondary N) is 1. The second-order valence-electron chi connectivity index (χ2n) is 6.14. The fourth-order valence-electron chi connectivity index (χ4n) is 2.65. The maximum atomic E-state index is 9.11. The summed E-state index contributed by atoms with van der Waals surface area (Å²) in [6.45, 7) is 3.71. The van der Waals surface area contributed by atoms with Gasteiger partial charge in [-0.2, -0.15) is 20.5 Å². The van der Waals surface area contributed by atoms with Gasteiger partial charge < -0.3 is 15.8 Å². The van der Waals surface area contributed by atoms with Crippen molar-refractivity contribution in [2.24, 2.45) is 0 Å². The van der Waals surface area contributed by atoms with Gasteiger partial charge in [-0.25, -0.2) is 0 Å². The molecule has 0 amide bonds. The van der Waals surface area contributed by atoms with Crippen molar-refractivity contribution >= 4 is 49.3 Å². The van der Waals surface area contributed by atoms with Gasteiger partial charge in [0.25, 0.3) is 0 Å². The van der Waals surface area contributed by atoms with Crippen molar-refractivity contribution in [2.45, 2.75) is 13.8 Å². The Morgan fingerprint density at radius 2 is 1.66 bits per heavy atom. The van der Waals surface area contributed by atoms with Crippen LogP contribution in [0.5, 0.6) is 11.6 Å². The van der Waals surface area contributed by atoms with Crippen molar-refractivity contribution in [3.05, 3.63) is 61.5 Å². The van der Waals surface area contributed by atoms with Crippen LogP contribution in [0.3, 0.4) is 0 Å². The van der Waals surface area contributed by atoms with Gasteiger partial charge in [0.2, 0.25) is 11.8 Å². The Balaban J connectivity index is 1.97. The summed E-state index contributed by atoms with van der Waals surface area (Å²) in [5, 5.41) is 21.2. The second kappa shape index (κ2) is 8.48. The van der Waals surface area contributed by atoms with E-state index in [-0.39, 0.29) is 17.6 Å². The van der Waals surface area contributed by atoms with Crippen LogP contribution in [-0.4, -0.2) is 9.97 Å². The molecule has 0 aliphatic carbocycles. The third-order valence-corrected chi connectivity index (χ3v) is 5.38. The first-order valence-corrected chi connectivity index (χ1v) is 9.90. The maximum absolute atomic E-state index is 9.11. The van der Waals surface area contributed by atoms with Gasteiger partial charge in [-0.1, -0.05) is 0 Å². The molecule has 0 fully saturated rings. The van der Waals surface area contributed by atoms with Crippen LogP contribution in [0.1, 0.15) is 22.3 Å². The number of aryl methyl sites for hydroxylation is 2. The van der Waals surface area contributed by atoms with Crippen LogP contribution < -0.4 is 15.8 Å². The molecule has 0 bridgehead atoms. The average Bonchev–Trinajstić information content (AvgIpc) is 2.69. The quantitative estimate of drug-likeness (QED) is 0.473. The molecule has 3 rings (SSSR count). The summed E-state index contributed by atoms with van der Waals surface area (Å²) in [5.74, 6) is 1.26. The first kappa shape index (κ1) is 20.6. The van der Waals surface area contributed by atoms with Crippen molar-refractivity contribution < 1.29 is 4.74 Å². The molecule has 3 N–H and O–H groups in total. The Morgan fingerprint density at radius 3 is 2.24 bits per heavy atom. The topological polar surface area (TPSA) is 121 Å². The van der Waals surface area contributed by atoms with Crippen LogP contribution in [0.15, 0.2) is 39.3 Å². The fourth-order valence-corrected chi connectivity index (χ4v) is 3.38. The SMILES string of the molecule is Cc1cc(C#N)cc(C)c1Oc1nc(Nc2ccc(C#N)cc2Br)nc(N)c1Br. The van der Waals surface area contributed by atoms with E-state index in [9.17, 15) is 0 Å². The minimum Gasteiger partial charge on any atom is -0.437 e. The molecule has 1 aromatic heterocycles. The predicted octanol–water partition coefficient (Wildman–Crippen LogP) is 5.48. The summed E-state index contributed by atoms with van der Waals surface area (Å²) in [6.07, 6.45) is 0. The number of nitriles is 2. The second-order valence-corrected chi connectivity index (χ2v) is 7.78. The minimum atomic E-state index is 0.200. The van der Waals surface area contributed by atoms with E-state index in [0.717, 1.165) is 11.1 Å². The lowest BCUT2D eigenvalue weighted by Crippen LogP contribution is -2.05. The lowest BCUT2D eigenvalue weighted by molar-refractivity contribution is 0.453. The highest BCUT2D eigenvalue weighted by molar-refractivity contribution is 9.11. The normalized spacial score (nSPS) is 10.1. The molecule has 0 saturated carbocycles. The van der Waals surface area contributed by atoms with Gasteiger partial charge in [0.15, 0.2) is 0 Å². The number of anilines is 3. The molecule has 0 radical (unpaired) electrons. The molecule has 9 heteroatoms. The molecule has 0 spiro atoms. The number of nitrogens with two attached hydrogens (primary N) is 1. The monoisotopic (exact) mass is 512 g/mol. The fraction of sp³-hybridized carbons (Fsp3) is 0.100. The highest BCUT2D eigenvalue weighted by Crippen LogP contribution is 2.36. The van der Waals surface area contributed by atoms with Crippen LogP contribution in [-0.2, 0) is 0 Å². The standard InChI is InChI=1S/C20H14Br2N6O/c1-10-5-13(9-24)6-11(2)17(10)29-19-16(22)18(25)27-20(28-19)26-15-4-3-12(8-23)7-14(15)21/h3-7H,1-2H3,(H3,25,26,27,28). The minimum absolute atomic E-state index is 0.200. The Labute approximate surface area is 184 Å². The van der Waals surface area contributed by atoms with Gasteiger partial charge in [0.1, 0.15) is 16.0 Å². The molecule has 144 valence electrons. The highest BCUT2D eigenvalue weighted by atomic mass is 79.9. The van der Waals surface area contributed by atoms with Crippen molar-refractivity contribution in [3.8, 4) is 23.8 Å². The number of nitrogen functional groups attached to an aromatic ring is 1. The van der Waals surface area contributed by atoms with E-state index in [0.29, 0.717) is 31.5 Å². The van der Waals surface area contributed by atoms with Gasteiger partial charge >= 0.3 is 0 Å². The summed E-state index contributed by atoms with van der Waals surface area (Å²) in [5.41, 5.74) is 9.37. The summed E-state index contributed by atoms with van der Waals surface area (Å²) in [4.78, 5) is 8.64. The summed E-state index contributed by atoms with van der Waals surface area (Å²) in [7, 11) is 0. The molecular formula is C20H14Br2N6O. The van der Waals surface area contributed by atoms with Crippen LogP contribution in [0.2, 0.25) is 0 Å². The van der Waals surface area contributed by atoms with Gasteiger partial charge in [-0.05, 0) is 87.2 Å². The van der Waals surface area contributed by atoms with Crippen LogP contribution in [0.4, 0.5) is 17.5 Å². The van der Waals surface area contributed by atoms with Crippen LogP contribution in [0, 0.1) is 36.5 Å². The zero-order chi connectivity index (χ0) is 21.1. The molecule has 29 heavy (non-hydrogen) atoms. The Kier molecular flexibility index (Phi) is 6.02.